The lowest BCUT2D eigenvalue weighted by Crippen LogP contribution is -2.34. The fourth-order valence-electron chi connectivity index (χ4n) is 3.59. The Morgan fingerprint density at radius 1 is 0.893 bits per heavy atom. The highest BCUT2D eigenvalue weighted by Gasteiger charge is 2.28. The summed E-state index contributed by atoms with van der Waals surface area (Å²) in [5.74, 6) is -0.311. The molecule has 0 aromatic heterocycles. The Balaban J connectivity index is 1.74. The minimum atomic E-state index is -0.408. The Labute approximate surface area is 172 Å². The van der Waals surface area contributed by atoms with Gasteiger partial charge in [-0.15, -0.1) is 0 Å². The summed E-state index contributed by atoms with van der Waals surface area (Å²) in [4.78, 5) is 22.8. The number of rotatable bonds is 18. The zero-order valence-corrected chi connectivity index (χ0v) is 18.2. The standard InChI is InChI=1S/C24H43NO3/c1-2-3-4-5-6-7-8-9-10-11-12-13-14-15-16-17-18-21-28-24(27)22-19-20-23(26)25-22/h6-7,22H,2-5,8-21H2,1H3,(H,25,26)/b7-6+/t22-/m0/s1. The van der Waals surface area contributed by atoms with Crippen molar-refractivity contribution >= 4 is 11.9 Å². The van der Waals surface area contributed by atoms with Crippen molar-refractivity contribution in [2.75, 3.05) is 6.61 Å². The molecule has 4 nitrogen and oxygen atoms in total. The Morgan fingerprint density at radius 2 is 1.43 bits per heavy atom. The van der Waals surface area contributed by atoms with Crippen molar-refractivity contribution in [3.8, 4) is 0 Å². The van der Waals surface area contributed by atoms with Crippen LogP contribution < -0.4 is 5.32 Å². The van der Waals surface area contributed by atoms with Crippen LogP contribution in [0, 0.1) is 0 Å². The van der Waals surface area contributed by atoms with Gasteiger partial charge in [-0.1, -0.05) is 83.3 Å². The summed E-state index contributed by atoms with van der Waals surface area (Å²) in [6.07, 6.45) is 25.0. The highest BCUT2D eigenvalue weighted by molar-refractivity contribution is 5.87. The molecule has 1 heterocycles. The van der Waals surface area contributed by atoms with E-state index in [0.29, 0.717) is 19.4 Å². The van der Waals surface area contributed by atoms with Crippen molar-refractivity contribution in [3.05, 3.63) is 12.2 Å². The molecule has 1 saturated heterocycles. The van der Waals surface area contributed by atoms with Crippen molar-refractivity contribution < 1.29 is 14.3 Å². The Hall–Kier alpha value is -1.32. The van der Waals surface area contributed by atoms with Gasteiger partial charge in [-0.25, -0.2) is 4.79 Å². The van der Waals surface area contributed by atoms with Gasteiger partial charge < -0.3 is 10.1 Å². The van der Waals surface area contributed by atoms with E-state index < -0.39 is 6.04 Å². The minimum Gasteiger partial charge on any atom is -0.464 e. The number of hydrogen-bond acceptors (Lipinski definition) is 3. The zero-order valence-electron chi connectivity index (χ0n) is 18.2. The molecule has 1 aliphatic heterocycles. The Kier molecular flexibility index (Phi) is 15.7. The van der Waals surface area contributed by atoms with Gasteiger partial charge in [0.1, 0.15) is 6.04 Å². The van der Waals surface area contributed by atoms with Crippen LogP contribution in [-0.2, 0) is 14.3 Å². The van der Waals surface area contributed by atoms with Crippen LogP contribution in [0.4, 0.5) is 0 Å². The van der Waals surface area contributed by atoms with E-state index in [4.69, 9.17) is 4.74 Å². The number of carbonyl (C=O) groups excluding carboxylic acids is 2. The van der Waals surface area contributed by atoms with E-state index in [9.17, 15) is 9.59 Å². The summed E-state index contributed by atoms with van der Waals surface area (Å²) in [5, 5.41) is 2.65. The van der Waals surface area contributed by atoms with E-state index in [-0.39, 0.29) is 11.9 Å². The average Bonchev–Trinajstić information content (AvgIpc) is 3.13. The van der Waals surface area contributed by atoms with Crippen LogP contribution >= 0.6 is 0 Å². The molecule has 4 heteroatoms. The van der Waals surface area contributed by atoms with Crippen LogP contribution in [0.25, 0.3) is 0 Å². The van der Waals surface area contributed by atoms with Gasteiger partial charge in [0.2, 0.25) is 5.91 Å². The smallest absolute Gasteiger partial charge is 0.328 e. The minimum absolute atomic E-state index is 0.0448. The van der Waals surface area contributed by atoms with E-state index in [1.165, 1.54) is 83.5 Å². The average molecular weight is 394 g/mol. The summed E-state index contributed by atoms with van der Waals surface area (Å²) in [6.45, 7) is 2.74. The molecule has 1 fully saturated rings. The molecule has 1 aliphatic rings. The first kappa shape index (κ1) is 24.7. The molecule has 0 aromatic rings. The van der Waals surface area contributed by atoms with Gasteiger partial charge in [-0.05, 0) is 38.5 Å². The molecule has 0 radical (unpaired) electrons. The number of unbranched alkanes of at least 4 members (excludes halogenated alkanes) is 13. The van der Waals surface area contributed by atoms with E-state index in [1.54, 1.807) is 0 Å². The normalized spacial score (nSPS) is 16.6. The summed E-state index contributed by atoms with van der Waals surface area (Å²) < 4.78 is 5.24. The second-order valence-electron chi connectivity index (χ2n) is 8.12. The van der Waals surface area contributed by atoms with Crippen LogP contribution in [-0.4, -0.2) is 24.5 Å². The lowest BCUT2D eigenvalue weighted by molar-refractivity contribution is -0.146. The van der Waals surface area contributed by atoms with E-state index in [2.05, 4.69) is 24.4 Å². The third kappa shape index (κ3) is 13.8. The number of amides is 1. The van der Waals surface area contributed by atoms with Gasteiger partial charge in [0.05, 0.1) is 6.61 Å². The first-order valence-corrected chi connectivity index (χ1v) is 11.8. The maximum absolute atomic E-state index is 11.7. The van der Waals surface area contributed by atoms with Gasteiger partial charge in [0.25, 0.3) is 0 Å². The SMILES string of the molecule is CCCCC/C=C/CCCCCCCCCCCCOC(=O)[C@@H]1CCC(=O)N1. The van der Waals surface area contributed by atoms with Gasteiger partial charge >= 0.3 is 5.97 Å². The van der Waals surface area contributed by atoms with Gasteiger partial charge in [-0.3, -0.25) is 4.79 Å². The highest BCUT2D eigenvalue weighted by Crippen LogP contribution is 2.12. The third-order valence-electron chi connectivity index (χ3n) is 5.43. The number of carbonyl (C=O) groups is 2. The Bertz CT molecular complexity index is 434. The molecular formula is C24H43NO3. The van der Waals surface area contributed by atoms with E-state index in [0.717, 1.165) is 12.8 Å². The van der Waals surface area contributed by atoms with Gasteiger partial charge in [-0.2, -0.15) is 0 Å². The Morgan fingerprint density at radius 3 is 1.96 bits per heavy atom. The summed E-state index contributed by atoms with van der Waals surface area (Å²) in [6, 6.07) is -0.408. The zero-order chi connectivity index (χ0) is 20.3. The predicted octanol–water partition coefficient (Wildman–Crippen LogP) is 6.24. The number of ether oxygens (including phenoxy) is 1. The number of allylic oxidation sites excluding steroid dienone is 2. The fraction of sp³-hybridized carbons (Fsp3) is 0.833. The quantitative estimate of drug-likeness (QED) is 0.170. The second-order valence-corrected chi connectivity index (χ2v) is 8.12. The van der Waals surface area contributed by atoms with Gasteiger partial charge in [0, 0.05) is 6.42 Å². The molecule has 0 spiro atoms. The summed E-state index contributed by atoms with van der Waals surface area (Å²) in [7, 11) is 0. The van der Waals surface area contributed by atoms with Crippen LogP contribution in [0.3, 0.4) is 0 Å². The molecule has 0 saturated carbocycles. The second kappa shape index (κ2) is 17.8. The molecule has 0 aromatic carbocycles. The van der Waals surface area contributed by atoms with Crippen molar-refractivity contribution in [2.24, 2.45) is 0 Å². The summed E-state index contributed by atoms with van der Waals surface area (Å²) >= 11 is 0. The predicted molar refractivity (Wildman–Crippen MR) is 116 cm³/mol. The molecule has 162 valence electrons. The van der Waals surface area contributed by atoms with Crippen molar-refractivity contribution in [2.45, 2.75) is 122 Å². The maximum Gasteiger partial charge on any atom is 0.328 e. The molecular weight excluding hydrogens is 350 g/mol. The van der Waals surface area contributed by atoms with Gasteiger partial charge in [0.15, 0.2) is 0 Å². The number of hydrogen-bond donors (Lipinski definition) is 1. The molecule has 0 unspecified atom stereocenters. The monoisotopic (exact) mass is 393 g/mol. The van der Waals surface area contributed by atoms with Crippen molar-refractivity contribution in [1.29, 1.82) is 0 Å². The van der Waals surface area contributed by atoms with Crippen LogP contribution in [0.2, 0.25) is 0 Å². The van der Waals surface area contributed by atoms with E-state index >= 15 is 0 Å². The molecule has 0 aliphatic carbocycles. The summed E-state index contributed by atoms with van der Waals surface area (Å²) in [5.41, 5.74) is 0. The van der Waals surface area contributed by atoms with Crippen LogP contribution in [0.5, 0.6) is 0 Å². The van der Waals surface area contributed by atoms with Crippen molar-refractivity contribution in [3.63, 3.8) is 0 Å². The largest absolute Gasteiger partial charge is 0.464 e. The first-order valence-electron chi connectivity index (χ1n) is 11.8. The molecule has 1 rings (SSSR count). The lowest BCUT2D eigenvalue weighted by atomic mass is 10.1. The number of nitrogens with one attached hydrogen (secondary N) is 1. The van der Waals surface area contributed by atoms with Crippen LogP contribution in [0.15, 0.2) is 12.2 Å². The van der Waals surface area contributed by atoms with E-state index in [1.807, 2.05) is 0 Å². The topological polar surface area (TPSA) is 55.4 Å². The number of esters is 1. The molecule has 1 N–H and O–H groups in total. The molecule has 28 heavy (non-hydrogen) atoms. The van der Waals surface area contributed by atoms with Crippen molar-refractivity contribution in [1.82, 2.24) is 5.32 Å². The molecule has 1 atom stereocenters. The maximum atomic E-state index is 11.7. The first-order chi connectivity index (χ1) is 13.7. The van der Waals surface area contributed by atoms with Crippen LogP contribution in [0.1, 0.15) is 116 Å². The highest BCUT2D eigenvalue weighted by atomic mass is 16.5. The molecule has 1 amide bonds. The molecule has 0 bridgehead atoms. The fourth-order valence-corrected chi connectivity index (χ4v) is 3.59. The lowest BCUT2D eigenvalue weighted by Gasteiger charge is -2.09. The third-order valence-corrected chi connectivity index (χ3v) is 5.43.